The summed E-state index contributed by atoms with van der Waals surface area (Å²) in [4.78, 5) is 0. The smallest absolute Gasteiger partial charge is 0.211 e. The summed E-state index contributed by atoms with van der Waals surface area (Å²) in [7, 11) is -3.52. The number of hydrogen-bond donors (Lipinski definition) is 0. The van der Waals surface area contributed by atoms with Gasteiger partial charge >= 0.3 is 0 Å². The molecular weight excluding hydrogens is 214 g/mol. The predicted molar refractivity (Wildman–Crippen MR) is 56.0 cm³/mol. The monoisotopic (exact) mass is 229 g/mol. The summed E-state index contributed by atoms with van der Waals surface area (Å²) in [5.41, 5.74) is 0. The first-order valence-electron chi connectivity index (χ1n) is 4.65. The Labute approximate surface area is 91.0 Å². The highest BCUT2D eigenvalue weighted by molar-refractivity contribution is 7.89. The van der Waals surface area contributed by atoms with Crippen molar-refractivity contribution >= 4 is 10.0 Å². The highest BCUT2D eigenvalue weighted by Gasteiger charge is 2.21. The minimum Gasteiger partial charge on any atom is -0.211 e. The summed E-state index contributed by atoms with van der Waals surface area (Å²) in [6.07, 6.45) is 0.150. The molecule has 5 nitrogen and oxygen atoms in total. The lowest BCUT2D eigenvalue weighted by Crippen LogP contribution is -2.36. The maximum atomic E-state index is 11.6. The second-order valence-corrected chi connectivity index (χ2v) is 5.54. The molecule has 0 aromatic carbocycles. The SMILES string of the molecule is CC(C)CN(CCC#N)S(=O)(=O)CC#N. The van der Waals surface area contributed by atoms with Gasteiger partial charge in [0.15, 0.2) is 5.75 Å². The van der Waals surface area contributed by atoms with Gasteiger partial charge in [0.05, 0.1) is 12.1 Å². The number of hydrogen-bond acceptors (Lipinski definition) is 4. The van der Waals surface area contributed by atoms with Crippen molar-refractivity contribution in [2.24, 2.45) is 5.92 Å². The lowest BCUT2D eigenvalue weighted by Gasteiger charge is -2.21. The zero-order valence-corrected chi connectivity index (χ0v) is 9.79. The normalized spacial score (nSPS) is 11.3. The van der Waals surface area contributed by atoms with Gasteiger partial charge < -0.3 is 0 Å². The molecular formula is C9H15N3O2S. The summed E-state index contributed by atoms with van der Waals surface area (Å²) in [6.45, 7) is 4.30. The van der Waals surface area contributed by atoms with Crippen molar-refractivity contribution in [1.82, 2.24) is 4.31 Å². The van der Waals surface area contributed by atoms with Crippen LogP contribution in [0, 0.1) is 28.6 Å². The first-order valence-corrected chi connectivity index (χ1v) is 6.26. The van der Waals surface area contributed by atoms with Crippen molar-refractivity contribution in [3.05, 3.63) is 0 Å². The van der Waals surface area contributed by atoms with Crippen molar-refractivity contribution in [2.75, 3.05) is 18.8 Å². The number of nitriles is 2. The van der Waals surface area contributed by atoms with Crippen LogP contribution in [0.5, 0.6) is 0 Å². The Bertz CT molecular complexity index is 362. The van der Waals surface area contributed by atoms with Crippen molar-refractivity contribution in [3.8, 4) is 12.1 Å². The Kier molecular flexibility index (Phi) is 5.92. The lowest BCUT2D eigenvalue weighted by atomic mass is 10.2. The van der Waals surface area contributed by atoms with Crippen LogP contribution in [0.1, 0.15) is 20.3 Å². The first kappa shape index (κ1) is 13.9. The molecule has 6 heteroatoms. The van der Waals surface area contributed by atoms with Crippen LogP contribution >= 0.6 is 0 Å². The molecule has 0 aliphatic carbocycles. The molecule has 0 rings (SSSR count). The van der Waals surface area contributed by atoms with Gasteiger partial charge in [-0.05, 0) is 5.92 Å². The fourth-order valence-corrected chi connectivity index (χ4v) is 2.34. The minimum atomic E-state index is -3.52. The van der Waals surface area contributed by atoms with E-state index in [0.717, 1.165) is 0 Å². The van der Waals surface area contributed by atoms with Crippen molar-refractivity contribution < 1.29 is 8.42 Å². The maximum absolute atomic E-state index is 11.6. The van der Waals surface area contributed by atoms with Crippen LogP contribution in [0.3, 0.4) is 0 Å². The van der Waals surface area contributed by atoms with Crippen molar-refractivity contribution in [3.63, 3.8) is 0 Å². The fraction of sp³-hybridized carbons (Fsp3) is 0.778. The molecule has 0 saturated heterocycles. The zero-order chi connectivity index (χ0) is 11.9. The Morgan fingerprint density at radius 1 is 1.27 bits per heavy atom. The zero-order valence-electron chi connectivity index (χ0n) is 8.97. The maximum Gasteiger partial charge on any atom is 0.227 e. The molecule has 0 heterocycles. The third kappa shape index (κ3) is 5.36. The van der Waals surface area contributed by atoms with Crippen LogP contribution in [0.4, 0.5) is 0 Å². The molecule has 0 aromatic rings. The van der Waals surface area contributed by atoms with Crippen molar-refractivity contribution in [2.45, 2.75) is 20.3 Å². The second kappa shape index (κ2) is 6.39. The highest BCUT2D eigenvalue weighted by atomic mass is 32.2. The van der Waals surface area contributed by atoms with E-state index in [4.69, 9.17) is 10.5 Å². The van der Waals surface area contributed by atoms with Crippen LogP contribution < -0.4 is 0 Å². The molecule has 0 spiro atoms. The largest absolute Gasteiger partial charge is 0.227 e. The summed E-state index contributed by atoms with van der Waals surface area (Å²) in [5.74, 6) is -0.345. The van der Waals surface area contributed by atoms with Crippen molar-refractivity contribution in [1.29, 1.82) is 10.5 Å². The number of rotatable bonds is 6. The summed E-state index contributed by atoms with van der Waals surface area (Å²) >= 11 is 0. The van der Waals surface area contributed by atoms with Gasteiger partial charge in [-0.25, -0.2) is 8.42 Å². The van der Waals surface area contributed by atoms with Gasteiger partial charge in [0.1, 0.15) is 0 Å². The number of sulfonamides is 1. The van der Waals surface area contributed by atoms with E-state index in [0.29, 0.717) is 6.54 Å². The Hall–Kier alpha value is -1.11. The standard InChI is InChI=1S/C9H15N3O2S/c1-9(2)8-12(6-3-4-10)15(13,14)7-5-11/h9H,3,6-8H2,1-2H3. The molecule has 0 fully saturated rings. The predicted octanol–water partition coefficient (Wildman–Crippen LogP) is 0.711. The molecule has 0 amide bonds. The van der Waals surface area contributed by atoms with Crippen LogP contribution in [-0.4, -0.2) is 31.6 Å². The summed E-state index contributed by atoms with van der Waals surface area (Å²) < 4.78 is 24.3. The van der Waals surface area contributed by atoms with E-state index in [1.165, 1.54) is 4.31 Å². The Morgan fingerprint density at radius 3 is 2.27 bits per heavy atom. The average Bonchev–Trinajstić information content (AvgIpc) is 2.11. The van der Waals surface area contributed by atoms with E-state index in [9.17, 15) is 8.42 Å². The lowest BCUT2D eigenvalue weighted by molar-refractivity contribution is 0.374. The molecule has 0 unspecified atom stereocenters. The van der Waals surface area contributed by atoms with E-state index < -0.39 is 15.8 Å². The molecule has 0 bridgehead atoms. The highest BCUT2D eigenvalue weighted by Crippen LogP contribution is 2.07. The van der Waals surface area contributed by atoms with Gasteiger partial charge in [-0.15, -0.1) is 0 Å². The van der Waals surface area contributed by atoms with E-state index in [1.54, 1.807) is 6.07 Å². The van der Waals surface area contributed by atoms with E-state index in [-0.39, 0.29) is 18.9 Å². The average molecular weight is 229 g/mol. The van der Waals surface area contributed by atoms with E-state index in [2.05, 4.69) is 0 Å². The van der Waals surface area contributed by atoms with Crippen LogP contribution in [0.15, 0.2) is 0 Å². The summed E-state index contributed by atoms with van der Waals surface area (Å²) in [5, 5.41) is 16.8. The Balaban J connectivity index is 4.64. The van der Waals surface area contributed by atoms with Gasteiger partial charge in [-0.2, -0.15) is 14.8 Å². The molecule has 0 atom stereocenters. The second-order valence-electron chi connectivity index (χ2n) is 3.57. The van der Waals surface area contributed by atoms with Crippen LogP contribution in [0.25, 0.3) is 0 Å². The van der Waals surface area contributed by atoms with Gasteiger partial charge in [0.2, 0.25) is 10.0 Å². The molecule has 0 aromatic heterocycles. The van der Waals surface area contributed by atoms with Gasteiger partial charge in [0, 0.05) is 19.5 Å². The molecule has 0 saturated carbocycles. The van der Waals surface area contributed by atoms with Gasteiger partial charge in [-0.3, -0.25) is 0 Å². The van der Waals surface area contributed by atoms with Gasteiger partial charge in [0.25, 0.3) is 0 Å². The molecule has 84 valence electrons. The fourth-order valence-electron chi connectivity index (χ4n) is 1.10. The molecule has 0 aliphatic heterocycles. The quantitative estimate of drug-likeness (QED) is 0.671. The number of nitrogens with zero attached hydrogens (tertiary/aromatic N) is 3. The topological polar surface area (TPSA) is 85.0 Å². The third-order valence-electron chi connectivity index (χ3n) is 1.68. The molecule has 15 heavy (non-hydrogen) atoms. The van der Waals surface area contributed by atoms with E-state index >= 15 is 0 Å². The van der Waals surface area contributed by atoms with Crippen LogP contribution in [-0.2, 0) is 10.0 Å². The van der Waals surface area contributed by atoms with Gasteiger partial charge in [-0.1, -0.05) is 13.8 Å². The third-order valence-corrected chi connectivity index (χ3v) is 3.29. The summed E-state index contributed by atoms with van der Waals surface area (Å²) in [6, 6.07) is 3.52. The molecule has 0 aliphatic rings. The minimum absolute atomic E-state index is 0.150. The Morgan fingerprint density at radius 2 is 1.87 bits per heavy atom. The van der Waals surface area contributed by atoms with Crippen LogP contribution in [0.2, 0.25) is 0 Å². The first-order chi connectivity index (χ1) is 6.94. The molecule has 0 N–H and O–H groups in total. The molecule has 0 radical (unpaired) electrons. The van der Waals surface area contributed by atoms with E-state index in [1.807, 2.05) is 19.9 Å².